The van der Waals surface area contributed by atoms with E-state index in [4.69, 9.17) is 0 Å². The third kappa shape index (κ3) is 4.47. The molecule has 146 valence electrons. The molecule has 1 saturated heterocycles. The first-order chi connectivity index (χ1) is 12.3. The molecule has 2 aliphatic rings. The molecule has 26 heavy (non-hydrogen) atoms. The SMILES string of the molecule is CC1CCN(S(=O)(=O)c2ccc(S(=O)(=O)NC3CCCCC3)cc2)CC1. The summed E-state index contributed by atoms with van der Waals surface area (Å²) < 4.78 is 54.8. The fourth-order valence-corrected chi connectivity index (χ4v) is 6.45. The van der Waals surface area contributed by atoms with Crippen molar-refractivity contribution in [2.45, 2.75) is 67.7 Å². The van der Waals surface area contributed by atoms with Gasteiger partial charge in [0.1, 0.15) is 0 Å². The minimum absolute atomic E-state index is 0.0208. The lowest BCUT2D eigenvalue weighted by Crippen LogP contribution is -2.38. The summed E-state index contributed by atoms with van der Waals surface area (Å²) >= 11 is 0. The number of hydrogen-bond acceptors (Lipinski definition) is 4. The second-order valence-corrected chi connectivity index (χ2v) is 11.2. The summed E-state index contributed by atoms with van der Waals surface area (Å²) in [5.74, 6) is 0.542. The van der Waals surface area contributed by atoms with E-state index in [-0.39, 0.29) is 15.8 Å². The van der Waals surface area contributed by atoms with Crippen LogP contribution in [0, 0.1) is 5.92 Å². The summed E-state index contributed by atoms with van der Waals surface area (Å²) in [6.45, 7) is 3.17. The molecule has 1 heterocycles. The summed E-state index contributed by atoms with van der Waals surface area (Å²) in [6, 6.07) is 5.58. The third-order valence-corrected chi connectivity index (χ3v) is 8.89. The van der Waals surface area contributed by atoms with Gasteiger partial charge < -0.3 is 0 Å². The monoisotopic (exact) mass is 400 g/mol. The van der Waals surface area contributed by atoms with Crippen LogP contribution in [0.25, 0.3) is 0 Å². The van der Waals surface area contributed by atoms with E-state index in [1.807, 2.05) is 0 Å². The highest BCUT2D eigenvalue weighted by molar-refractivity contribution is 7.89. The second kappa shape index (κ2) is 7.96. The Morgan fingerprint density at radius 1 is 0.846 bits per heavy atom. The van der Waals surface area contributed by atoms with Gasteiger partial charge in [0.25, 0.3) is 0 Å². The van der Waals surface area contributed by atoms with Crippen LogP contribution in [0.2, 0.25) is 0 Å². The van der Waals surface area contributed by atoms with Gasteiger partial charge in [0.05, 0.1) is 9.79 Å². The lowest BCUT2D eigenvalue weighted by Gasteiger charge is -2.29. The van der Waals surface area contributed by atoms with Crippen LogP contribution in [-0.4, -0.2) is 40.3 Å². The average Bonchev–Trinajstić information content (AvgIpc) is 2.63. The van der Waals surface area contributed by atoms with Crippen molar-refractivity contribution >= 4 is 20.0 Å². The Balaban J connectivity index is 1.73. The van der Waals surface area contributed by atoms with Gasteiger partial charge in [-0.2, -0.15) is 4.31 Å². The lowest BCUT2D eigenvalue weighted by atomic mass is 9.96. The van der Waals surface area contributed by atoms with E-state index in [0.717, 1.165) is 44.9 Å². The number of hydrogen-bond donors (Lipinski definition) is 1. The zero-order valence-corrected chi connectivity index (χ0v) is 16.9. The zero-order valence-electron chi connectivity index (χ0n) is 15.2. The van der Waals surface area contributed by atoms with E-state index in [1.54, 1.807) is 0 Å². The van der Waals surface area contributed by atoms with Crippen LogP contribution in [0.5, 0.6) is 0 Å². The molecule has 0 unspecified atom stereocenters. The molecule has 2 fully saturated rings. The molecule has 1 aromatic rings. The van der Waals surface area contributed by atoms with Crippen molar-refractivity contribution in [3.8, 4) is 0 Å². The molecule has 1 N–H and O–H groups in total. The second-order valence-electron chi connectivity index (χ2n) is 7.51. The van der Waals surface area contributed by atoms with E-state index in [1.165, 1.54) is 28.6 Å². The van der Waals surface area contributed by atoms with Crippen LogP contribution >= 0.6 is 0 Å². The van der Waals surface area contributed by atoms with Gasteiger partial charge in [0.15, 0.2) is 0 Å². The van der Waals surface area contributed by atoms with Crippen molar-refractivity contribution < 1.29 is 16.8 Å². The summed E-state index contributed by atoms with van der Waals surface area (Å²) in [4.78, 5) is 0.276. The Morgan fingerprint density at radius 2 is 1.38 bits per heavy atom. The van der Waals surface area contributed by atoms with E-state index >= 15 is 0 Å². The molecule has 0 bridgehead atoms. The quantitative estimate of drug-likeness (QED) is 0.824. The summed E-state index contributed by atoms with van der Waals surface area (Å²) in [7, 11) is -7.17. The fraction of sp³-hybridized carbons (Fsp3) is 0.667. The minimum Gasteiger partial charge on any atom is -0.208 e. The van der Waals surface area contributed by atoms with Gasteiger partial charge in [-0.25, -0.2) is 21.6 Å². The molecule has 6 nitrogen and oxygen atoms in total. The first kappa shape index (κ1) is 19.8. The number of nitrogens with zero attached hydrogens (tertiary/aromatic N) is 1. The van der Waals surface area contributed by atoms with Gasteiger partial charge in [0, 0.05) is 19.1 Å². The number of nitrogens with one attached hydrogen (secondary N) is 1. The van der Waals surface area contributed by atoms with Crippen molar-refractivity contribution in [2.24, 2.45) is 5.92 Å². The first-order valence-corrected chi connectivity index (χ1v) is 12.3. The Kier molecular flexibility index (Phi) is 6.06. The molecule has 0 spiro atoms. The maximum absolute atomic E-state index is 12.7. The maximum Gasteiger partial charge on any atom is 0.243 e. The minimum atomic E-state index is -3.61. The summed E-state index contributed by atoms with van der Waals surface area (Å²) in [5.41, 5.74) is 0. The average molecular weight is 401 g/mol. The number of rotatable bonds is 5. The van der Waals surface area contributed by atoms with Gasteiger partial charge in [-0.05, 0) is 55.9 Å². The molecule has 0 amide bonds. The Morgan fingerprint density at radius 3 is 1.96 bits per heavy atom. The molecule has 0 aromatic heterocycles. The summed E-state index contributed by atoms with van der Waals surface area (Å²) in [5, 5.41) is 0. The topological polar surface area (TPSA) is 83.6 Å². The highest BCUT2D eigenvalue weighted by atomic mass is 32.2. The van der Waals surface area contributed by atoms with E-state index < -0.39 is 20.0 Å². The van der Waals surface area contributed by atoms with Crippen LogP contribution in [0.15, 0.2) is 34.1 Å². The molecule has 0 radical (unpaired) electrons. The van der Waals surface area contributed by atoms with Gasteiger partial charge in [-0.1, -0.05) is 26.2 Å². The zero-order chi connectivity index (χ0) is 18.8. The molecule has 1 aliphatic heterocycles. The Bertz CT molecular complexity index is 805. The van der Waals surface area contributed by atoms with Gasteiger partial charge in [0.2, 0.25) is 20.0 Å². The van der Waals surface area contributed by atoms with Crippen LogP contribution in [0.4, 0.5) is 0 Å². The number of benzene rings is 1. The molecule has 1 aliphatic carbocycles. The lowest BCUT2D eigenvalue weighted by molar-refractivity contribution is 0.288. The van der Waals surface area contributed by atoms with E-state index in [2.05, 4.69) is 11.6 Å². The molecule has 1 saturated carbocycles. The standard InChI is InChI=1S/C18H28N2O4S2/c1-15-11-13-20(14-12-15)26(23,24)18-9-7-17(8-10-18)25(21,22)19-16-5-3-2-4-6-16/h7-10,15-16,19H,2-6,11-14H2,1H3. The molecular weight excluding hydrogens is 372 g/mol. The maximum atomic E-state index is 12.7. The third-order valence-electron chi connectivity index (χ3n) is 5.44. The van der Waals surface area contributed by atoms with Crippen LogP contribution in [-0.2, 0) is 20.0 Å². The predicted molar refractivity (Wildman–Crippen MR) is 101 cm³/mol. The van der Waals surface area contributed by atoms with Gasteiger partial charge in [-0.3, -0.25) is 0 Å². The van der Waals surface area contributed by atoms with Crippen molar-refractivity contribution in [3.63, 3.8) is 0 Å². The number of sulfonamides is 2. The highest BCUT2D eigenvalue weighted by Gasteiger charge is 2.29. The first-order valence-electron chi connectivity index (χ1n) is 9.41. The van der Waals surface area contributed by atoms with E-state index in [9.17, 15) is 16.8 Å². The predicted octanol–water partition coefficient (Wildman–Crippen LogP) is 2.72. The van der Waals surface area contributed by atoms with Crippen LogP contribution < -0.4 is 4.72 Å². The molecule has 3 rings (SSSR count). The van der Waals surface area contributed by atoms with Crippen molar-refractivity contribution in [3.05, 3.63) is 24.3 Å². The van der Waals surface area contributed by atoms with Crippen molar-refractivity contribution in [1.82, 2.24) is 9.03 Å². The fourth-order valence-electron chi connectivity index (χ4n) is 3.67. The summed E-state index contributed by atoms with van der Waals surface area (Å²) in [6.07, 6.45) is 6.67. The molecular formula is C18H28N2O4S2. The largest absolute Gasteiger partial charge is 0.243 e. The van der Waals surface area contributed by atoms with Crippen LogP contribution in [0.1, 0.15) is 51.9 Å². The molecule has 0 atom stereocenters. The van der Waals surface area contributed by atoms with E-state index in [0.29, 0.717) is 19.0 Å². The normalized spacial score (nSPS) is 21.7. The number of piperidine rings is 1. The highest BCUT2D eigenvalue weighted by Crippen LogP contribution is 2.25. The van der Waals surface area contributed by atoms with Gasteiger partial charge in [-0.15, -0.1) is 0 Å². The van der Waals surface area contributed by atoms with Gasteiger partial charge >= 0.3 is 0 Å². The smallest absolute Gasteiger partial charge is 0.208 e. The Labute approximate surface area is 157 Å². The van der Waals surface area contributed by atoms with Crippen LogP contribution in [0.3, 0.4) is 0 Å². The van der Waals surface area contributed by atoms with Crippen molar-refractivity contribution in [2.75, 3.05) is 13.1 Å². The Hall–Kier alpha value is -0.960. The molecule has 1 aromatic carbocycles. The molecule has 8 heteroatoms. The van der Waals surface area contributed by atoms with Crippen molar-refractivity contribution in [1.29, 1.82) is 0 Å².